The molecule has 4 heteroatoms. The first-order valence-electron chi connectivity index (χ1n) is 8.48. The van der Waals surface area contributed by atoms with Crippen LogP contribution < -0.4 is 10.2 Å². The van der Waals surface area contributed by atoms with Gasteiger partial charge in [0.2, 0.25) is 0 Å². The van der Waals surface area contributed by atoms with Crippen LogP contribution >= 0.6 is 0 Å². The second kappa shape index (κ2) is 6.56. The maximum absolute atomic E-state index is 13.1. The molecule has 1 N–H and O–H groups in total. The number of carbonyl (C=O) groups is 1. The van der Waals surface area contributed by atoms with E-state index in [4.69, 9.17) is 0 Å². The average Bonchev–Trinajstić information content (AvgIpc) is 2.61. The zero-order valence-corrected chi connectivity index (χ0v) is 14.8. The molecule has 3 rings (SSSR count). The Morgan fingerprint density at radius 2 is 1.79 bits per heavy atom. The van der Waals surface area contributed by atoms with Gasteiger partial charge in [-0.15, -0.1) is 0 Å². The van der Waals surface area contributed by atoms with Crippen molar-refractivity contribution in [3.8, 4) is 0 Å². The van der Waals surface area contributed by atoms with E-state index in [-0.39, 0.29) is 18.1 Å². The number of carbonyl (C=O) groups excluding carboxylic acids is 1. The number of hydrogen-bond donors (Lipinski definition) is 1. The van der Waals surface area contributed by atoms with Crippen molar-refractivity contribution in [1.82, 2.24) is 4.90 Å². The minimum atomic E-state index is -0.140. The van der Waals surface area contributed by atoms with Crippen LogP contribution in [0, 0.1) is 0 Å². The Labute approximate surface area is 144 Å². The molecule has 0 fully saturated rings. The van der Waals surface area contributed by atoms with Crippen molar-refractivity contribution in [3.63, 3.8) is 0 Å². The van der Waals surface area contributed by atoms with E-state index in [9.17, 15) is 4.79 Å². The van der Waals surface area contributed by atoms with Crippen molar-refractivity contribution in [2.24, 2.45) is 0 Å². The van der Waals surface area contributed by atoms with Gasteiger partial charge in [-0.25, -0.2) is 0 Å². The third-order valence-electron chi connectivity index (χ3n) is 4.75. The molecule has 0 aromatic heterocycles. The Hall–Kier alpha value is -2.49. The number of fused-ring (bicyclic) bond motifs is 1. The van der Waals surface area contributed by atoms with Gasteiger partial charge in [-0.3, -0.25) is 4.79 Å². The molecular weight excluding hydrogens is 298 g/mol. The third-order valence-corrected chi connectivity index (χ3v) is 4.75. The summed E-state index contributed by atoms with van der Waals surface area (Å²) in [6.45, 7) is 4.22. The van der Waals surface area contributed by atoms with E-state index >= 15 is 0 Å². The van der Waals surface area contributed by atoms with E-state index in [1.165, 1.54) is 0 Å². The Morgan fingerprint density at radius 3 is 2.42 bits per heavy atom. The first-order chi connectivity index (χ1) is 11.5. The molecule has 1 heterocycles. The van der Waals surface area contributed by atoms with Crippen LogP contribution in [0.5, 0.6) is 0 Å². The van der Waals surface area contributed by atoms with Gasteiger partial charge >= 0.3 is 0 Å². The molecule has 0 saturated carbocycles. The minimum absolute atomic E-state index is 0.0976. The molecule has 0 saturated heterocycles. The molecule has 24 heavy (non-hydrogen) atoms. The first kappa shape index (κ1) is 16.4. The van der Waals surface area contributed by atoms with Crippen LogP contribution in [0.15, 0.2) is 48.5 Å². The lowest BCUT2D eigenvalue weighted by molar-refractivity contribution is 0.0593. The predicted octanol–water partition coefficient (Wildman–Crippen LogP) is 4.12. The van der Waals surface area contributed by atoms with Gasteiger partial charge in [-0.05, 0) is 43.2 Å². The summed E-state index contributed by atoms with van der Waals surface area (Å²) in [6.07, 6.45) is 0.778. The highest BCUT2D eigenvalue weighted by Crippen LogP contribution is 2.35. The van der Waals surface area contributed by atoms with Crippen LogP contribution in [-0.4, -0.2) is 30.9 Å². The Balaban J connectivity index is 2.02. The molecule has 0 radical (unpaired) electrons. The van der Waals surface area contributed by atoms with Crippen molar-refractivity contribution >= 4 is 17.3 Å². The van der Waals surface area contributed by atoms with E-state index in [2.05, 4.69) is 48.3 Å². The van der Waals surface area contributed by atoms with Crippen molar-refractivity contribution in [1.29, 1.82) is 0 Å². The molecule has 1 aliphatic heterocycles. The van der Waals surface area contributed by atoms with E-state index in [0.717, 1.165) is 28.9 Å². The Morgan fingerprint density at radius 1 is 1.12 bits per heavy atom. The molecule has 2 atom stereocenters. The zero-order valence-electron chi connectivity index (χ0n) is 14.8. The van der Waals surface area contributed by atoms with Crippen LogP contribution in [0.25, 0.3) is 0 Å². The Kier molecular flexibility index (Phi) is 4.47. The fraction of sp³-hybridized carbons (Fsp3) is 0.350. The lowest BCUT2D eigenvalue weighted by atomic mass is 10.0. The smallest absolute Gasteiger partial charge is 0.258 e. The summed E-state index contributed by atoms with van der Waals surface area (Å²) in [5.74, 6) is 0.0976. The third kappa shape index (κ3) is 2.84. The lowest BCUT2D eigenvalue weighted by Gasteiger charge is -2.41. The van der Waals surface area contributed by atoms with Gasteiger partial charge in [0.1, 0.15) is 6.17 Å². The SMILES string of the molecule is CC[C@@H](C)N1C(=O)c2ccccc2N[C@@H]1c1ccc(N(C)C)cc1. The molecule has 4 nitrogen and oxygen atoms in total. The van der Waals surface area contributed by atoms with Crippen molar-refractivity contribution < 1.29 is 4.79 Å². The summed E-state index contributed by atoms with van der Waals surface area (Å²) in [6, 6.07) is 16.3. The van der Waals surface area contributed by atoms with E-state index < -0.39 is 0 Å². The molecule has 0 spiro atoms. The molecule has 0 bridgehead atoms. The number of anilines is 2. The normalized spacial score (nSPS) is 17.9. The summed E-state index contributed by atoms with van der Waals surface area (Å²) >= 11 is 0. The van der Waals surface area contributed by atoms with Crippen LogP contribution in [0.1, 0.15) is 42.4 Å². The topological polar surface area (TPSA) is 35.6 Å². The van der Waals surface area contributed by atoms with Crippen molar-refractivity contribution in [2.75, 3.05) is 24.3 Å². The minimum Gasteiger partial charge on any atom is -0.378 e. The maximum Gasteiger partial charge on any atom is 0.258 e. The summed E-state index contributed by atoms with van der Waals surface area (Å²) in [5.41, 5.74) is 3.91. The maximum atomic E-state index is 13.1. The van der Waals surface area contributed by atoms with Crippen molar-refractivity contribution in [3.05, 3.63) is 59.7 Å². The molecule has 126 valence electrons. The number of nitrogens with one attached hydrogen (secondary N) is 1. The van der Waals surface area contributed by atoms with Crippen LogP contribution in [-0.2, 0) is 0 Å². The summed E-state index contributed by atoms with van der Waals surface area (Å²) in [4.78, 5) is 17.1. The molecule has 2 aromatic rings. The van der Waals surface area contributed by atoms with Gasteiger partial charge in [0, 0.05) is 31.5 Å². The number of hydrogen-bond acceptors (Lipinski definition) is 3. The van der Waals surface area contributed by atoms with E-state index in [1.54, 1.807) is 0 Å². The van der Waals surface area contributed by atoms with Gasteiger partial charge in [0.25, 0.3) is 5.91 Å². The first-order valence-corrected chi connectivity index (χ1v) is 8.48. The lowest BCUT2D eigenvalue weighted by Crippen LogP contribution is -2.47. The molecule has 0 aliphatic carbocycles. The van der Waals surface area contributed by atoms with Gasteiger partial charge < -0.3 is 15.1 Å². The number of amides is 1. The summed E-state index contributed by atoms with van der Waals surface area (Å²) in [7, 11) is 4.05. The zero-order chi connectivity index (χ0) is 17.3. The standard InChI is InChI=1S/C20H25N3O/c1-5-14(2)23-19(15-10-12-16(13-11-15)22(3)4)21-18-9-7-6-8-17(18)20(23)24/h6-14,19,21H,5H2,1-4H3/t14-,19+/m1/s1. The number of rotatable bonds is 4. The average molecular weight is 323 g/mol. The van der Waals surface area contributed by atoms with Gasteiger partial charge in [-0.1, -0.05) is 31.2 Å². The molecule has 0 unspecified atom stereocenters. The summed E-state index contributed by atoms with van der Waals surface area (Å²) in [5, 5.41) is 3.55. The highest BCUT2D eigenvalue weighted by Gasteiger charge is 2.35. The largest absolute Gasteiger partial charge is 0.378 e. The quantitative estimate of drug-likeness (QED) is 0.919. The van der Waals surface area contributed by atoms with Crippen LogP contribution in [0.4, 0.5) is 11.4 Å². The number of benzene rings is 2. The monoisotopic (exact) mass is 323 g/mol. The molecule has 2 aromatic carbocycles. The summed E-state index contributed by atoms with van der Waals surface area (Å²) < 4.78 is 0. The van der Waals surface area contributed by atoms with E-state index in [0.29, 0.717) is 0 Å². The van der Waals surface area contributed by atoms with Crippen molar-refractivity contribution in [2.45, 2.75) is 32.5 Å². The van der Waals surface area contributed by atoms with Gasteiger partial charge in [-0.2, -0.15) is 0 Å². The number of nitrogens with zero attached hydrogens (tertiary/aromatic N) is 2. The second-order valence-electron chi connectivity index (χ2n) is 6.55. The highest BCUT2D eigenvalue weighted by molar-refractivity contribution is 6.01. The van der Waals surface area contributed by atoms with Crippen LogP contribution in [0.3, 0.4) is 0 Å². The van der Waals surface area contributed by atoms with Gasteiger partial charge in [0.15, 0.2) is 0 Å². The van der Waals surface area contributed by atoms with Gasteiger partial charge in [0.05, 0.1) is 5.56 Å². The molecule has 1 aliphatic rings. The predicted molar refractivity (Wildman–Crippen MR) is 99.5 cm³/mol. The van der Waals surface area contributed by atoms with Crippen LogP contribution in [0.2, 0.25) is 0 Å². The molecular formula is C20H25N3O. The molecule has 1 amide bonds. The van der Waals surface area contributed by atoms with E-state index in [1.807, 2.05) is 43.3 Å². The fourth-order valence-corrected chi connectivity index (χ4v) is 3.12. The highest BCUT2D eigenvalue weighted by atomic mass is 16.2. The second-order valence-corrected chi connectivity index (χ2v) is 6.55. The Bertz CT molecular complexity index is 724. The fourth-order valence-electron chi connectivity index (χ4n) is 3.12. The number of para-hydroxylation sites is 1.